The number of benzene rings is 1. The summed E-state index contributed by atoms with van der Waals surface area (Å²) in [7, 11) is -7.28. The van der Waals surface area contributed by atoms with Crippen molar-refractivity contribution < 1.29 is 28.7 Å². The van der Waals surface area contributed by atoms with E-state index < -0.39 is 15.2 Å². The first-order valence-corrected chi connectivity index (χ1v) is 10.1. The van der Waals surface area contributed by atoms with Gasteiger partial charge in [-0.3, -0.25) is 9.13 Å². The van der Waals surface area contributed by atoms with Gasteiger partial charge in [-0.1, -0.05) is 46.4 Å². The average molecular weight is 408 g/mol. The molecule has 0 aliphatic heterocycles. The van der Waals surface area contributed by atoms with E-state index in [1.807, 2.05) is 0 Å². The van der Waals surface area contributed by atoms with Gasteiger partial charge in [-0.2, -0.15) is 0 Å². The highest BCUT2D eigenvalue weighted by molar-refractivity contribution is 7.51. The summed E-state index contributed by atoms with van der Waals surface area (Å²) in [6.07, 6.45) is 0. The Morgan fingerprint density at radius 2 is 0.800 bits per heavy atom. The lowest BCUT2D eigenvalue weighted by Crippen LogP contribution is -1.70. The van der Waals surface area contributed by atoms with Crippen LogP contribution in [0.4, 0.5) is 0 Å². The van der Waals surface area contributed by atoms with Gasteiger partial charge in [0.1, 0.15) is 0 Å². The Labute approximate surface area is 135 Å². The average Bonchev–Trinajstić information content (AvgIpc) is 2.09. The highest BCUT2D eigenvalue weighted by Gasteiger charge is 2.02. The molecule has 0 aromatic heterocycles. The second-order valence-electron chi connectivity index (χ2n) is 3.35. The van der Waals surface area contributed by atoms with Crippen LogP contribution in [0, 0.1) is 0 Å². The molecule has 12 heteroatoms. The maximum absolute atomic E-state index is 9.33. The van der Waals surface area contributed by atoms with Crippen molar-refractivity contribution >= 4 is 61.6 Å². The zero-order valence-corrected chi connectivity index (χ0v) is 15.0. The Bertz CT molecular complexity index is 439. The van der Waals surface area contributed by atoms with Crippen LogP contribution in [0.5, 0.6) is 0 Å². The first kappa shape index (κ1) is 23.0. The van der Waals surface area contributed by atoms with Crippen molar-refractivity contribution in [3.05, 3.63) is 32.2 Å². The molecule has 0 aliphatic rings. The molecule has 0 heterocycles. The third-order valence-electron chi connectivity index (χ3n) is 0.963. The van der Waals surface area contributed by atoms with E-state index in [0.717, 1.165) is 13.3 Å². The van der Waals surface area contributed by atoms with Crippen LogP contribution in [0.1, 0.15) is 0 Å². The van der Waals surface area contributed by atoms with Crippen LogP contribution in [0.15, 0.2) is 12.1 Å². The molecule has 0 bridgehead atoms. The molecule has 0 amide bonds. The zero-order chi connectivity index (χ0) is 16.7. The number of halogens is 4. The molecule has 0 aliphatic carbocycles. The molecule has 0 unspecified atom stereocenters. The number of hydrogen-bond acceptors (Lipinski definition) is 2. The third kappa shape index (κ3) is 21.0. The largest absolute Gasteiger partial charge is 0.325 e. The zero-order valence-electron chi connectivity index (χ0n) is 10.2. The smallest absolute Gasteiger partial charge is 0.322 e. The van der Waals surface area contributed by atoms with Crippen LogP contribution in [0.2, 0.25) is 20.1 Å². The molecule has 0 spiro atoms. The van der Waals surface area contributed by atoms with E-state index in [2.05, 4.69) is 0 Å². The number of hydrogen-bond donors (Lipinski definition) is 4. The molecular weight excluding hydrogens is 396 g/mol. The first-order chi connectivity index (χ1) is 8.61. The molecule has 0 saturated heterocycles. The second kappa shape index (κ2) is 9.65. The van der Waals surface area contributed by atoms with E-state index in [9.17, 15) is 9.13 Å². The lowest BCUT2D eigenvalue weighted by molar-refractivity contribution is 0.379. The Morgan fingerprint density at radius 1 is 0.700 bits per heavy atom. The molecule has 1 rings (SSSR count). The fraction of sp³-hybridized carbons (Fsp3) is 0.250. The van der Waals surface area contributed by atoms with Crippen molar-refractivity contribution in [3.63, 3.8) is 0 Å². The van der Waals surface area contributed by atoms with Gasteiger partial charge in [0.25, 0.3) is 0 Å². The van der Waals surface area contributed by atoms with Gasteiger partial charge in [-0.15, -0.1) is 0 Å². The van der Waals surface area contributed by atoms with E-state index in [1.54, 1.807) is 0 Å². The summed E-state index contributed by atoms with van der Waals surface area (Å²) in [6.45, 7) is 1.71. The predicted molar refractivity (Wildman–Crippen MR) is 82.4 cm³/mol. The van der Waals surface area contributed by atoms with Crippen molar-refractivity contribution in [2.45, 2.75) is 0 Å². The summed E-state index contributed by atoms with van der Waals surface area (Å²) in [6, 6.07) is 3.02. The van der Waals surface area contributed by atoms with E-state index in [1.165, 1.54) is 12.1 Å². The molecule has 1 aromatic rings. The molecule has 0 radical (unpaired) electrons. The van der Waals surface area contributed by atoms with Gasteiger partial charge in [-0.25, -0.2) is 0 Å². The highest BCUT2D eigenvalue weighted by Crippen LogP contribution is 2.31. The van der Waals surface area contributed by atoms with Crippen molar-refractivity contribution in [2.24, 2.45) is 0 Å². The first-order valence-electron chi connectivity index (χ1n) is 4.47. The van der Waals surface area contributed by atoms with Crippen LogP contribution in [0.25, 0.3) is 0 Å². The summed E-state index contributed by atoms with van der Waals surface area (Å²) < 4.78 is 18.7. The lowest BCUT2D eigenvalue weighted by Gasteiger charge is -1.97. The summed E-state index contributed by atoms with van der Waals surface area (Å²) >= 11 is 22.4. The predicted octanol–water partition coefficient (Wildman–Crippen LogP) is 3.89. The fourth-order valence-electron chi connectivity index (χ4n) is 0.498. The minimum absolute atomic E-state index is 0.413. The standard InChI is InChI=1S/C6H2Cl4.2CH5O3P/c7-3-1-4(8)6(10)2-5(3)9;2*1-5(2,3)4/h1-2H;2*1H3,(H2,2,3,4). The van der Waals surface area contributed by atoms with Gasteiger partial charge in [0.2, 0.25) is 0 Å². The molecule has 1 aromatic carbocycles. The van der Waals surface area contributed by atoms with Gasteiger partial charge in [0.05, 0.1) is 20.1 Å². The minimum atomic E-state index is -3.64. The van der Waals surface area contributed by atoms with E-state index in [-0.39, 0.29) is 0 Å². The lowest BCUT2D eigenvalue weighted by atomic mass is 10.4. The van der Waals surface area contributed by atoms with Gasteiger partial charge < -0.3 is 19.6 Å². The Balaban J connectivity index is 0. The monoisotopic (exact) mass is 406 g/mol. The van der Waals surface area contributed by atoms with Gasteiger partial charge >= 0.3 is 15.2 Å². The fourth-order valence-corrected chi connectivity index (χ4v) is 1.26. The maximum Gasteiger partial charge on any atom is 0.322 e. The van der Waals surface area contributed by atoms with Gasteiger partial charge in [0.15, 0.2) is 0 Å². The molecule has 118 valence electrons. The summed E-state index contributed by atoms with van der Waals surface area (Å²) in [4.78, 5) is 30.5. The quantitative estimate of drug-likeness (QED) is 0.383. The second-order valence-corrected chi connectivity index (χ2v) is 8.32. The third-order valence-corrected chi connectivity index (χ3v) is 2.41. The summed E-state index contributed by atoms with van der Waals surface area (Å²) in [5.41, 5.74) is 0. The molecule has 0 atom stereocenters. The normalized spacial score (nSPS) is 10.9. The molecular formula is C8H12Cl4O6P2. The Morgan fingerprint density at radius 3 is 0.900 bits per heavy atom. The van der Waals surface area contributed by atoms with Crippen molar-refractivity contribution in [2.75, 3.05) is 13.3 Å². The van der Waals surface area contributed by atoms with Crippen molar-refractivity contribution in [1.82, 2.24) is 0 Å². The van der Waals surface area contributed by atoms with Gasteiger partial charge in [0, 0.05) is 13.3 Å². The van der Waals surface area contributed by atoms with Gasteiger partial charge in [-0.05, 0) is 12.1 Å². The van der Waals surface area contributed by atoms with Crippen molar-refractivity contribution in [1.29, 1.82) is 0 Å². The SMILES string of the molecule is CP(=O)(O)O.CP(=O)(O)O.Clc1cc(Cl)c(Cl)cc1Cl. The molecule has 0 saturated carbocycles. The maximum atomic E-state index is 9.33. The van der Waals surface area contributed by atoms with Crippen LogP contribution in [-0.2, 0) is 9.13 Å². The topological polar surface area (TPSA) is 115 Å². The molecule has 6 nitrogen and oxygen atoms in total. The highest BCUT2D eigenvalue weighted by atomic mass is 35.5. The van der Waals surface area contributed by atoms with E-state index >= 15 is 0 Å². The summed E-state index contributed by atoms with van der Waals surface area (Å²) in [5, 5.41) is 1.65. The van der Waals surface area contributed by atoms with E-state index in [4.69, 9.17) is 66.0 Å². The van der Waals surface area contributed by atoms with Crippen LogP contribution < -0.4 is 0 Å². The van der Waals surface area contributed by atoms with E-state index in [0.29, 0.717) is 20.1 Å². The molecule has 4 N–H and O–H groups in total. The van der Waals surface area contributed by atoms with Crippen LogP contribution >= 0.6 is 61.6 Å². The molecule has 0 fully saturated rings. The Kier molecular flexibility index (Phi) is 11.1. The van der Waals surface area contributed by atoms with Crippen LogP contribution in [0.3, 0.4) is 0 Å². The number of rotatable bonds is 0. The summed E-state index contributed by atoms with van der Waals surface area (Å²) in [5.74, 6) is 0. The molecule has 20 heavy (non-hydrogen) atoms. The van der Waals surface area contributed by atoms with Crippen molar-refractivity contribution in [3.8, 4) is 0 Å². The Hall–Kier alpha value is 0.680. The minimum Gasteiger partial charge on any atom is -0.325 e. The van der Waals surface area contributed by atoms with Crippen LogP contribution in [-0.4, -0.2) is 32.9 Å².